The summed E-state index contributed by atoms with van der Waals surface area (Å²) >= 11 is 0. The van der Waals surface area contributed by atoms with E-state index in [1.165, 1.54) is 0 Å². The molecule has 0 heterocycles. The van der Waals surface area contributed by atoms with Gasteiger partial charge in [0.25, 0.3) is 0 Å². The van der Waals surface area contributed by atoms with Gasteiger partial charge in [0.05, 0.1) is 5.56 Å². The molecule has 2 atom stereocenters. The summed E-state index contributed by atoms with van der Waals surface area (Å²) in [5, 5.41) is 9.00. The Morgan fingerprint density at radius 3 is 2.24 bits per heavy atom. The van der Waals surface area contributed by atoms with Gasteiger partial charge in [-0.3, -0.25) is 0 Å². The lowest BCUT2D eigenvalue weighted by Crippen LogP contribution is -2.51. The molecule has 1 rings (SSSR count). The molecule has 4 heteroatoms. The van der Waals surface area contributed by atoms with Gasteiger partial charge in [-0.1, -0.05) is 25.1 Å². The van der Waals surface area contributed by atoms with Gasteiger partial charge in [0.2, 0.25) is 0 Å². The van der Waals surface area contributed by atoms with Crippen molar-refractivity contribution in [1.82, 2.24) is 0 Å². The van der Waals surface area contributed by atoms with Crippen LogP contribution in [0.2, 0.25) is 0 Å². The highest BCUT2D eigenvalue weighted by Crippen LogP contribution is 2.42. The molecule has 0 fully saturated rings. The smallest absolute Gasteiger partial charge is 0.335 e. The van der Waals surface area contributed by atoms with Gasteiger partial charge in [0.1, 0.15) is 11.2 Å². The number of aromatic carboxylic acids is 1. The van der Waals surface area contributed by atoms with Gasteiger partial charge in [-0.05, 0) is 38.0 Å². The molecule has 1 N–H and O–H groups in total. The Balaban J connectivity index is 3.35. The number of hydrogen-bond donors (Lipinski definition) is 1. The first-order valence-corrected chi connectivity index (χ1v) is 7.07. The van der Waals surface area contributed by atoms with Gasteiger partial charge in [-0.15, -0.1) is 6.58 Å². The van der Waals surface area contributed by atoms with E-state index in [4.69, 9.17) is 14.6 Å². The maximum absolute atomic E-state index is 11.0. The number of carboxylic acid groups (broad SMARTS) is 1. The van der Waals surface area contributed by atoms with Gasteiger partial charge >= 0.3 is 5.97 Å². The topological polar surface area (TPSA) is 55.8 Å². The second-order valence-electron chi connectivity index (χ2n) is 5.00. The summed E-state index contributed by atoms with van der Waals surface area (Å²) in [7, 11) is 1.62. The third kappa shape index (κ3) is 3.01. The van der Waals surface area contributed by atoms with Crippen molar-refractivity contribution in [2.45, 2.75) is 38.4 Å². The van der Waals surface area contributed by atoms with Gasteiger partial charge in [-0.25, -0.2) is 4.79 Å². The zero-order chi connectivity index (χ0) is 16.1. The number of hydrogen-bond acceptors (Lipinski definition) is 3. The Bertz CT molecular complexity index is 494. The molecule has 0 saturated carbocycles. The molecule has 0 unspecified atom stereocenters. The minimum atomic E-state index is -0.948. The van der Waals surface area contributed by atoms with Gasteiger partial charge < -0.3 is 14.6 Å². The van der Waals surface area contributed by atoms with Crippen LogP contribution < -0.4 is 0 Å². The quantitative estimate of drug-likeness (QED) is 0.744. The van der Waals surface area contributed by atoms with Crippen molar-refractivity contribution in [2.24, 2.45) is 0 Å². The minimum absolute atomic E-state index is 0.245. The fourth-order valence-electron chi connectivity index (χ4n) is 2.70. The molecule has 0 aliphatic heterocycles. The third-order valence-electron chi connectivity index (χ3n) is 4.16. The molecule has 0 saturated heterocycles. The molecule has 0 spiro atoms. The van der Waals surface area contributed by atoms with Crippen molar-refractivity contribution < 1.29 is 19.4 Å². The Hall–Kier alpha value is -1.65. The first-order chi connectivity index (χ1) is 9.90. The summed E-state index contributed by atoms with van der Waals surface area (Å²) < 4.78 is 11.7. The molecular formula is C17H24O4. The lowest BCUT2D eigenvalue weighted by atomic mass is 9.76. The molecule has 116 valence electrons. The summed E-state index contributed by atoms with van der Waals surface area (Å²) in [6, 6.07) is 6.68. The highest BCUT2D eigenvalue weighted by molar-refractivity contribution is 5.87. The molecule has 0 radical (unpaired) electrons. The van der Waals surface area contributed by atoms with Crippen LogP contribution in [0.1, 0.15) is 43.1 Å². The van der Waals surface area contributed by atoms with Crippen LogP contribution in [0.4, 0.5) is 0 Å². The predicted octanol–water partition coefficient (Wildman–Crippen LogP) is 3.62. The van der Waals surface area contributed by atoms with Gasteiger partial charge in [-0.2, -0.15) is 0 Å². The average Bonchev–Trinajstić information content (AvgIpc) is 2.52. The van der Waals surface area contributed by atoms with Crippen molar-refractivity contribution in [1.29, 1.82) is 0 Å². The van der Waals surface area contributed by atoms with Crippen LogP contribution in [0.15, 0.2) is 36.9 Å². The monoisotopic (exact) mass is 292 g/mol. The fourth-order valence-corrected chi connectivity index (χ4v) is 2.70. The standard InChI is InChI=1S/C17H24O4/c1-6-17(7-2,21-8-3)16(4,20-5)14-11-9-13(10-12-14)15(18)19/h6,9-12H,1,7-8H2,2-5H3,(H,18,19)/t16-,17-/m0/s1. The van der Waals surface area contributed by atoms with Crippen molar-refractivity contribution in [2.75, 3.05) is 13.7 Å². The van der Waals surface area contributed by atoms with Crippen molar-refractivity contribution in [3.63, 3.8) is 0 Å². The Morgan fingerprint density at radius 1 is 1.33 bits per heavy atom. The van der Waals surface area contributed by atoms with Gasteiger partial charge in [0, 0.05) is 13.7 Å². The van der Waals surface area contributed by atoms with Crippen molar-refractivity contribution >= 4 is 5.97 Å². The second kappa shape index (κ2) is 6.87. The van der Waals surface area contributed by atoms with E-state index in [1.807, 2.05) is 20.8 Å². The maximum Gasteiger partial charge on any atom is 0.335 e. The summed E-state index contributed by atoms with van der Waals surface area (Å²) in [5.74, 6) is -0.948. The molecule has 0 aromatic heterocycles. The van der Waals surface area contributed by atoms with E-state index in [-0.39, 0.29) is 5.56 Å². The van der Waals surface area contributed by atoms with Crippen molar-refractivity contribution in [3.05, 3.63) is 48.0 Å². The first-order valence-electron chi connectivity index (χ1n) is 7.07. The molecule has 0 bridgehead atoms. The number of rotatable bonds is 8. The summed E-state index contributed by atoms with van der Waals surface area (Å²) in [4.78, 5) is 11.0. The average molecular weight is 292 g/mol. The van der Waals surface area contributed by atoms with E-state index in [0.29, 0.717) is 13.0 Å². The van der Waals surface area contributed by atoms with E-state index < -0.39 is 17.2 Å². The van der Waals surface area contributed by atoms with Crippen LogP contribution in [-0.2, 0) is 15.1 Å². The largest absolute Gasteiger partial charge is 0.478 e. The van der Waals surface area contributed by atoms with E-state index in [9.17, 15) is 4.79 Å². The highest BCUT2D eigenvalue weighted by Gasteiger charge is 2.47. The molecule has 0 aliphatic carbocycles. The summed E-state index contributed by atoms with van der Waals surface area (Å²) in [6.07, 6.45) is 2.46. The van der Waals surface area contributed by atoms with E-state index in [0.717, 1.165) is 5.56 Å². The lowest BCUT2D eigenvalue weighted by Gasteiger charge is -2.45. The Morgan fingerprint density at radius 2 is 1.90 bits per heavy atom. The summed E-state index contributed by atoms with van der Waals surface area (Å²) in [6.45, 7) is 10.3. The number of methoxy groups -OCH3 is 1. The molecule has 0 aliphatic rings. The highest BCUT2D eigenvalue weighted by atomic mass is 16.6. The normalized spacial score (nSPS) is 16.8. The van der Waals surface area contributed by atoms with Crippen molar-refractivity contribution in [3.8, 4) is 0 Å². The van der Waals surface area contributed by atoms with Crippen LogP contribution in [0.5, 0.6) is 0 Å². The molecule has 0 amide bonds. The first kappa shape index (κ1) is 17.4. The number of carboxylic acids is 1. The second-order valence-corrected chi connectivity index (χ2v) is 5.00. The lowest BCUT2D eigenvalue weighted by molar-refractivity contribution is -0.170. The maximum atomic E-state index is 11.0. The van der Waals surface area contributed by atoms with Crippen LogP contribution in [0.3, 0.4) is 0 Å². The Kier molecular flexibility index (Phi) is 5.70. The molecule has 1 aromatic carbocycles. The molecule has 1 aromatic rings. The summed E-state index contributed by atoms with van der Waals surface area (Å²) in [5.41, 5.74) is -0.336. The molecular weight excluding hydrogens is 268 g/mol. The third-order valence-corrected chi connectivity index (χ3v) is 4.16. The van der Waals surface area contributed by atoms with Crippen LogP contribution in [-0.4, -0.2) is 30.4 Å². The molecule has 21 heavy (non-hydrogen) atoms. The SMILES string of the molecule is C=C[C@@](CC)(OCC)[C@@](C)(OC)c1ccc(C(=O)O)cc1. The number of benzene rings is 1. The van der Waals surface area contributed by atoms with Crippen LogP contribution in [0.25, 0.3) is 0 Å². The number of carbonyl (C=O) groups is 1. The molecule has 4 nitrogen and oxygen atoms in total. The van der Waals surface area contributed by atoms with Gasteiger partial charge in [0.15, 0.2) is 0 Å². The zero-order valence-corrected chi connectivity index (χ0v) is 13.2. The zero-order valence-electron chi connectivity index (χ0n) is 13.2. The number of ether oxygens (including phenoxy) is 2. The fraction of sp³-hybridized carbons (Fsp3) is 0.471. The van der Waals surface area contributed by atoms with Crippen LogP contribution in [0, 0.1) is 0 Å². The predicted molar refractivity (Wildman–Crippen MR) is 82.6 cm³/mol. The minimum Gasteiger partial charge on any atom is -0.478 e. The van der Waals surface area contributed by atoms with E-state index in [2.05, 4.69) is 6.58 Å². The van der Waals surface area contributed by atoms with E-state index in [1.54, 1.807) is 37.5 Å². The Labute approximate surface area is 126 Å². The van der Waals surface area contributed by atoms with E-state index >= 15 is 0 Å². The van der Waals surface area contributed by atoms with Crippen LogP contribution >= 0.6 is 0 Å².